The Hall–Kier alpha value is -1.51. The second kappa shape index (κ2) is 8.25. The van der Waals surface area contributed by atoms with Crippen molar-refractivity contribution < 1.29 is 22.5 Å². The van der Waals surface area contributed by atoms with Gasteiger partial charge in [0.15, 0.2) is 6.54 Å². The summed E-state index contributed by atoms with van der Waals surface area (Å²) in [7, 11) is -3.69. The molecule has 1 amide bonds. The van der Waals surface area contributed by atoms with Gasteiger partial charge in [-0.15, -0.1) is 0 Å². The normalized spacial score (nSPS) is 18.3. The Morgan fingerprint density at radius 3 is 2.48 bits per heavy atom. The third kappa shape index (κ3) is 5.23. The zero-order valence-corrected chi connectivity index (χ0v) is 15.8. The van der Waals surface area contributed by atoms with Gasteiger partial charge in [0, 0.05) is 6.04 Å². The molecule has 8 heteroatoms. The molecule has 0 aromatic heterocycles. The molecule has 1 aromatic rings. The number of benzene rings is 1. The van der Waals surface area contributed by atoms with E-state index in [1.807, 2.05) is 20.8 Å². The predicted octanol–water partition coefficient (Wildman–Crippen LogP) is -0.124. The Morgan fingerprint density at radius 1 is 1.28 bits per heavy atom. The molecule has 1 aromatic carbocycles. The van der Waals surface area contributed by atoms with E-state index in [9.17, 15) is 17.6 Å². The van der Waals surface area contributed by atoms with Gasteiger partial charge in [0.25, 0.3) is 5.91 Å². The Balaban J connectivity index is 1.90. The van der Waals surface area contributed by atoms with Crippen molar-refractivity contribution in [3.8, 4) is 0 Å². The molecular formula is C17H27FN3O3S+. The lowest BCUT2D eigenvalue weighted by molar-refractivity contribution is -0.895. The summed E-state index contributed by atoms with van der Waals surface area (Å²) in [4.78, 5) is 13.1. The lowest BCUT2D eigenvalue weighted by atomic mass is 10.1. The summed E-state index contributed by atoms with van der Waals surface area (Å²) >= 11 is 0. The van der Waals surface area contributed by atoms with Crippen molar-refractivity contribution in [3.05, 3.63) is 30.1 Å². The van der Waals surface area contributed by atoms with E-state index in [1.165, 1.54) is 22.5 Å². The van der Waals surface area contributed by atoms with Gasteiger partial charge in [-0.1, -0.05) is 19.9 Å². The quantitative estimate of drug-likeness (QED) is 0.731. The second-order valence-corrected chi connectivity index (χ2v) is 8.83. The van der Waals surface area contributed by atoms with Crippen LogP contribution in [0.4, 0.5) is 4.39 Å². The van der Waals surface area contributed by atoms with Crippen molar-refractivity contribution in [3.63, 3.8) is 0 Å². The van der Waals surface area contributed by atoms with E-state index in [-0.39, 0.29) is 16.8 Å². The van der Waals surface area contributed by atoms with E-state index >= 15 is 0 Å². The van der Waals surface area contributed by atoms with Crippen molar-refractivity contribution in [2.75, 3.05) is 32.7 Å². The minimum atomic E-state index is -3.69. The van der Waals surface area contributed by atoms with Crippen molar-refractivity contribution in [2.24, 2.45) is 5.92 Å². The van der Waals surface area contributed by atoms with Gasteiger partial charge in [0.05, 0.1) is 31.1 Å². The monoisotopic (exact) mass is 372 g/mol. The summed E-state index contributed by atoms with van der Waals surface area (Å²) in [6, 6.07) is 5.16. The molecule has 1 atom stereocenters. The van der Waals surface area contributed by atoms with Crippen molar-refractivity contribution in [1.82, 2.24) is 9.62 Å². The molecule has 0 unspecified atom stereocenters. The first-order chi connectivity index (χ1) is 11.7. The van der Waals surface area contributed by atoms with Crippen LogP contribution in [0.25, 0.3) is 0 Å². The number of sulfonamides is 1. The van der Waals surface area contributed by atoms with Gasteiger partial charge in [-0.3, -0.25) is 4.79 Å². The Morgan fingerprint density at radius 2 is 1.92 bits per heavy atom. The first-order valence-corrected chi connectivity index (χ1v) is 10.0. The van der Waals surface area contributed by atoms with Crippen molar-refractivity contribution >= 4 is 15.9 Å². The molecule has 0 saturated carbocycles. The number of halogens is 1. The first kappa shape index (κ1) is 19.8. The fourth-order valence-electron chi connectivity index (χ4n) is 2.69. The molecule has 1 aliphatic rings. The van der Waals surface area contributed by atoms with Crippen molar-refractivity contribution in [2.45, 2.75) is 31.7 Å². The average molecular weight is 372 g/mol. The molecule has 0 radical (unpaired) electrons. The number of amides is 1. The minimum Gasteiger partial charge on any atom is -0.348 e. The topological polar surface area (TPSA) is 70.9 Å². The van der Waals surface area contributed by atoms with Gasteiger partial charge >= 0.3 is 0 Å². The van der Waals surface area contributed by atoms with E-state index in [1.54, 1.807) is 0 Å². The largest absolute Gasteiger partial charge is 0.348 e. The maximum absolute atomic E-state index is 13.3. The number of hydrogen-bond donors (Lipinski definition) is 2. The van der Waals surface area contributed by atoms with Gasteiger partial charge in [-0.2, -0.15) is 4.31 Å². The highest BCUT2D eigenvalue weighted by molar-refractivity contribution is 7.89. The molecule has 2 N–H and O–H groups in total. The standard InChI is InChI=1S/C17H26FN3O3S/c1-13(2)14(3)19-17(22)12-20-7-9-21(10-8-20)25(23,24)16-6-4-5-15(18)11-16/h4-6,11,13-14H,7-10,12H2,1-3H3,(H,19,22)/p+1/t14-/m1/s1. The van der Waals surface area contributed by atoms with Crippen LogP contribution in [-0.2, 0) is 14.8 Å². The molecule has 25 heavy (non-hydrogen) atoms. The van der Waals surface area contributed by atoms with Crippen LogP contribution >= 0.6 is 0 Å². The van der Waals surface area contributed by atoms with E-state index in [0.29, 0.717) is 38.6 Å². The molecule has 0 aliphatic carbocycles. The number of carbonyl (C=O) groups excluding carboxylic acids is 1. The third-order valence-electron chi connectivity index (χ3n) is 4.66. The van der Waals surface area contributed by atoms with Crippen LogP contribution in [-0.4, -0.2) is 57.4 Å². The van der Waals surface area contributed by atoms with Crippen LogP contribution in [0.15, 0.2) is 29.2 Å². The predicted molar refractivity (Wildman–Crippen MR) is 93.2 cm³/mol. The zero-order valence-electron chi connectivity index (χ0n) is 15.0. The summed E-state index contributed by atoms with van der Waals surface area (Å²) in [5, 5.41) is 2.97. The molecule has 2 rings (SSSR count). The summed E-state index contributed by atoms with van der Waals surface area (Å²) in [6.45, 7) is 8.16. The molecule has 1 aliphatic heterocycles. The smallest absolute Gasteiger partial charge is 0.275 e. The van der Waals surface area contributed by atoms with Crippen LogP contribution in [0, 0.1) is 11.7 Å². The highest BCUT2D eigenvalue weighted by Crippen LogP contribution is 2.16. The SMILES string of the molecule is CC(C)[C@@H](C)NC(=O)C[NH+]1CCN(S(=O)(=O)c2cccc(F)c2)CC1. The van der Waals surface area contributed by atoms with E-state index in [2.05, 4.69) is 5.32 Å². The third-order valence-corrected chi connectivity index (χ3v) is 6.56. The number of rotatable bonds is 6. The van der Waals surface area contributed by atoms with Crippen molar-refractivity contribution in [1.29, 1.82) is 0 Å². The highest BCUT2D eigenvalue weighted by atomic mass is 32.2. The summed E-state index contributed by atoms with van der Waals surface area (Å²) in [5.41, 5.74) is 0. The number of quaternary nitrogens is 1. The zero-order chi connectivity index (χ0) is 18.6. The molecule has 1 fully saturated rings. The van der Waals surface area contributed by atoms with Gasteiger partial charge in [0.2, 0.25) is 10.0 Å². The lowest BCUT2D eigenvalue weighted by Gasteiger charge is -2.31. The number of nitrogens with one attached hydrogen (secondary N) is 2. The fraction of sp³-hybridized carbons (Fsp3) is 0.588. The van der Waals surface area contributed by atoms with Crippen LogP contribution in [0.1, 0.15) is 20.8 Å². The van der Waals surface area contributed by atoms with Crippen LogP contribution < -0.4 is 10.2 Å². The molecule has 0 spiro atoms. The van der Waals surface area contributed by atoms with E-state index in [4.69, 9.17) is 0 Å². The van der Waals surface area contributed by atoms with E-state index in [0.717, 1.165) is 11.0 Å². The van der Waals surface area contributed by atoms with Crippen LogP contribution in [0.2, 0.25) is 0 Å². The van der Waals surface area contributed by atoms with Gasteiger partial charge < -0.3 is 10.2 Å². The second-order valence-electron chi connectivity index (χ2n) is 6.89. The maximum Gasteiger partial charge on any atom is 0.275 e. The molecule has 140 valence electrons. The van der Waals surface area contributed by atoms with Gasteiger partial charge in [-0.05, 0) is 31.0 Å². The number of carbonyl (C=O) groups is 1. The number of nitrogens with zero attached hydrogens (tertiary/aromatic N) is 1. The summed E-state index contributed by atoms with van der Waals surface area (Å²) < 4.78 is 39.8. The molecular weight excluding hydrogens is 345 g/mol. The van der Waals surface area contributed by atoms with Gasteiger partial charge in [-0.25, -0.2) is 12.8 Å². The summed E-state index contributed by atoms with van der Waals surface area (Å²) in [6.07, 6.45) is 0. The Bertz CT molecular complexity index is 701. The number of piperazine rings is 1. The fourth-order valence-corrected chi connectivity index (χ4v) is 4.17. The number of hydrogen-bond acceptors (Lipinski definition) is 3. The molecule has 1 heterocycles. The first-order valence-electron chi connectivity index (χ1n) is 8.59. The molecule has 0 bridgehead atoms. The van der Waals surface area contributed by atoms with Crippen LogP contribution in [0.3, 0.4) is 0 Å². The average Bonchev–Trinajstić information content (AvgIpc) is 2.55. The highest BCUT2D eigenvalue weighted by Gasteiger charge is 2.31. The van der Waals surface area contributed by atoms with E-state index < -0.39 is 15.8 Å². The lowest BCUT2D eigenvalue weighted by Crippen LogP contribution is -3.15. The maximum atomic E-state index is 13.3. The Kier molecular flexibility index (Phi) is 6.53. The minimum absolute atomic E-state index is 0.0161. The summed E-state index contributed by atoms with van der Waals surface area (Å²) in [5.74, 6) is -0.217. The Labute approximate surface area is 149 Å². The molecule has 6 nitrogen and oxygen atoms in total. The van der Waals surface area contributed by atoms with Gasteiger partial charge in [0.1, 0.15) is 5.82 Å². The molecule has 1 saturated heterocycles. The van der Waals surface area contributed by atoms with Crippen LogP contribution in [0.5, 0.6) is 0 Å².